The third-order valence-corrected chi connectivity index (χ3v) is 10.2. The zero-order chi connectivity index (χ0) is 29.5. The summed E-state index contributed by atoms with van der Waals surface area (Å²) in [5, 5.41) is 11.2. The topological polar surface area (TPSA) is 101 Å². The lowest BCUT2D eigenvalue weighted by molar-refractivity contribution is -0.0829. The second kappa shape index (κ2) is 10.7. The molecule has 0 saturated heterocycles. The summed E-state index contributed by atoms with van der Waals surface area (Å²) in [4.78, 5) is 4.63. The highest BCUT2D eigenvalue weighted by Crippen LogP contribution is 2.41. The molecule has 1 N–H and O–H groups in total. The van der Waals surface area contributed by atoms with Crippen LogP contribution in [0.4, 0.5) is 4.39 Å². The van der Waals surface area contributed by atoms with Crippen LogP contribution < -0.4 is 0 Å². The van der Waals surface area contributed by atoms with Crippen molar-refractivity contribution in [1.82, 2.24) is 4.98 Å². The monoisotopic (exact) mass is 583 g/mol. The van der Waals surface area contributed by atoms with Gasteiger partial charge in [-0.05, 0) is 79.8 Å². The van der Waals surface area contributed by atoms with Gasteiger partial charge in [-0.2, -0.15) is 0 Å². The van der Waals surface area contributed by atoms with Crippen molar-refractivity contribution in [3.8, 4) is 11.1 Å². The minimum Gasteiger partial charge on any atom is -0.387 e. The van der Waals surface area contributed by atoms with Gasteiger partial charge in [0.1, 0.15) is 9.84 Å². The Balaban J connectivity index is 1.78. The number of benzene rings is 3. The van der Waals surface area contributed by atoms with Crippen molar-refractivity contribution >= 4 is 30.6 Å². The van der Waals surface area contributed by atoms with Gasteiger partial charge >= 0.3 is 0 Å². The number of rotatable bonds is 9. The zero-order valence-electron chi connectivity index (χ0n) is 23.2. The molecule has 0 bridgehead atoms. The number of fused-ring (bicyclic) bond motifs is 1. The van der Waals surface area contributed by atoms with Gasteiger partial charge in [0.05, 0.1) is 21.3 Å². The second-order valence-electron chi connectivity index (χ2n) is 11.1. The first-order valence-corrected chi connectivity index (χ1v) is 16.7. The van der Waals surface area contributed by atoms with E-state index in [1.807, 2.05) is 42.5 Å². The fraction of sp³-hybridized carbons (Fsp3) is 0.323. The van der Waals surface area contributed by atoms with E-state index in [0.29, 0.717) is 12.0 Å². The summed E-state index contributed by atoms with van der Waals surface area (Å²) in [5.41, 5.74) is -0.0707. The lowest BCUT2D eigenvalue weighted by Gasteiger charge is -2.37. The molecule has 212 valence electrons. The molecule has 2 atom stereocenters. The highest BCUT2D eigenvalue weighted by Gasteiger charge is 2.46. The van der Waals surface area contributed by atoms with Crippen molar-refractivity contribution in [2.75, 3.05) is 12.5 Å². The molecule has 0 amide bonds. The summed E-state index contributed by atoms with van der Waals surface area (Å²) in [6.07, 6.45) is 4.17. The molecule has 4 aromatic rings. The first-order chi connectivity index (χ1) is 18.5. The number of aliphatic hydroxyl groups is 1. The van der Waals surface area contributed by atoms with E-state index < -0.39 is 36.2 Å². The molecule has 6 nitrogen and oxygen atoms in total. The molecule has 0 radical (unpaired) electrons. The molecule has 0 fully saturated rings. The van der Waals surface area contributed by atoms with Crippen LogP contribution in [0.1, 0.15) is 37.5 Å². The first kappa shape index (κ1) is 29.8. The second-order valence-corrected chi connectivity index (χ2v) is 15.6. The number of hydrogen-bond acceptors (Lipinski definition) is 6. The Morgan fingerprint density at radius 3 is 2.17 bits per heavy atom. The largest absolute Gasteiger partial charge is 0.387 e. The predicted molar refractivity (Wildman–Crippen MR) is 158 cm³/mol. The summed E-state index contributed by atoms with van der Waals surface area (Å²) in [5.74, 6) is 0. The van der Waals surface area contributed by atoms with E-state index in [4.69, 9.17) is 0 Å². The Morgan fingerprint density at radius 1 is 0.900 bits per heavy atom. The third kappa shape index (κ3) is 6.27. The van der Waals surface area contributed by atoms with Gasteiger partial charge in [0, 0.05) is 36.1 Å². The zero-order valence-corrected chi connectivity index (χ0v) is 24.9. The van der Waals surface area contributed by atoms with Gasteiger partial charge in [0.15, 0.2) is 15.5 Å². The van der Waals surface area contributed by atoms with Gasteiger partial charge in [-0.15, -0.1) is 0 Å². The van der Waals surface area contributed by atoms with E-state index >= 15 is 4.39 Å². The van der Waals surface area contributed by atoms with Crippen molar-refractivity contribution in [3.05, 3.63) is 95.7 Å². The van der Waals surface area contributed by atoms with Crippen LogP contribution in [-0.2, 0) is 38.2 Å². The van der Waals surface area contributed by atoms with E-state index in [9.17, 15) is 21.9 Å². The number of hydrogen-bond donors (Lipinski definition) is 1. The Labute approximate surface area is 235 Å². The summed E-state index contributed by atoms with van der Waals surface area (Å²) in [7, 11) is -6.68. The Bertz CT molecular complexity index is 1760. The number of aromatic nitrogens is 1. The summed E-state index contributed by atoms with van der Waals surface area (Å²) < 4.78 is 64.8. The molecule has 1 heterocycles. The van der Waals surface area contributed by atoms with E-state index in [-0.39, 0.29) is 16.9 Å². The van der Waals surface area contributed by atoms with E-state index in [1.54, 1.807) is 19.2 Å². The number of alkyl halides is 1. The van der Waals surface area contributed by atoms with Crippen molar-refractivity contribution in [2.24, 2.45) is 0 Å². The highest BCUT2D eigenvalue weighted by molar-refractivity contribution is 7.91. The first-order valence-electron chi connectivity index (χ1n) is 12.9. The fourth-order valence-electron chi connectivity index (χ4n) is 4.84. The Hall–Kier alpha value is -3.14. The predicted octanol–water partition coefficient (Wildman–Crippen LogP) is 5.46. The highest BCUT2D eigenvalue weighted by atomic mass is 32.2. The summed E-state index contributed by atoms with van der Waals surface area (Å²) in [6, 6.07) is 20.4. The van der Waals surface area contributed by atoms with Gasteiger partial charge in [-0.1, -0.05) is 42.5 Å². The van der Waals surface area contributed by atoms with Crippen LogP contribution in [-0.4, -0.2) is 50.3 Å². The van der Waals surface area contributed by atoms with Crippen molar-refractivity contribution in [1.29, 1.82) is 0 Å². The summed E-state index contributed by atoms with van der Waals surface area (Å²) in [6.45, 7) is 4.47. The van der Waals surface area contributed by atoms with Crippen LogP contribution in [0.15, 0.2) is 83.9 Å². The molecule has 4 rings (SSSR count). The van der Waals surface area contributed by atoms with E-state index in [1.165, 1.54) is 44.4 Å². The minimum atomic E-state index is -3.46. The molecule has 0 aliphatic carbocycles. The molecule has 0 spiro atoms. The van der Waals surface area contributed by atoms with Gasteiger partial charge in [0.25, 0.3) is 0 Å². The van der Waals surface area contributed by atoms with Crippen LogP contribution in [0.2, 0.25) is 0 Å². The molecule has 2 unspecified atom stereocenters. The molecule has 9 heteroatoms. The van der Waals surface area contributed by atoms with Crippen LogP contribution >= 0.6 is 0 Å². The Morgan fingerprint density at radius 2 is 1.57 bits per heavy atom. The maximum Gasteiger partial charge on any atom is 0.175 e. The van der Waals surface area contributed by atoms with Crippen molar-refractivity contribution in [2.45, 2.75) is 55.0 Å². The lowest BCUT2D eigenvalue weighted by Crippen LogP contribution is -2.45. The molecular weight excluding hydrogens is 549 g/mol. The minimum absolute atomic E-state index is 0.0702. The van der Waals surface area contributed by atoms with Gasteiger partial charge in [-0.25, -0.2) is 21.2 Å². The smallest absolute Gasteiger partial charge is 0.175 e. The third-order valence-electron chi connectivity index (χ3n) is 7.41. The molecule has 0 aliphatic rings. The van der Waals surface area contributed by atoms with Crippen LogP contribution in [0.5, 0.6) is 0 Å². The number of nitrogens with zero attached hydrogens (tertiary/aromatic N) is 1. The van der Waals surface area contributed by atoms with Gasteiger partial charge < -0.3 is 5.11 Å². The van der Waals surface area contributed by atoms with Crippen LogP contribution in [0.25, 0.3) is 22.0 Å². The van der Waals surface area contributed by atoms with Gasteiger partial charge in [-0.3, -0.25) is 4.98 Å². The molecule has 1 aromatic heterocycles. The number of halogens is 1. The average molecular weight is 584 g/mol. The fourth-order valence-corrected chi connectivity index (χ4v) is 5.97. The van der Waals surface area contributed by atoms with Crippen LogP contribution in [0, 0.1) is 0 Å². The molecule has 40 heavy (non-hydrogen) atoms. The van der Waals surface area contributed by atoms with Crippen molar-refractivity contribution < 1.29 is 26.3 Å². The van der Waals surface area contributed by atoms with E-state index in [0.717, 1.165) is 33.8 Å². The number of sulfone groups is 2. The summed E-state index contributed by atoms with van der Waals surface area (Å²) >= 11 is 0. The maximum atomic E-state index is 16.8. The Kier molecular flexibility index (Phi) is 7.97. The molecule has 3 aromatic carbocycles. The number of pyridine rings is 1. The quantitative estimate of drug-likeness (QED) is 0.281. The SMILES string of the molecule is CC(Cc1cc(-c2cccc(CC(F)(c3ccc(S(C)(=O)=O)cc3)C(C)(C)O)c2)c2ncccc2c1)S(C)(=O)=O. The standard InChI is InChI=1S/C31H34FNO5S2/c1-21(39(4,35)36)16-23-18-25-10-7-15-33-29(25)28(19-23)24-9-6-8-22(17-24)20-31(32,30(2,3)34)26-11-13-27(14-12-26)40(5,37)38/h6-15,17-19,21,34H,16,20H2,1-5H3. The van der Waals surface area contributed by atoms with Crippen LogP contribution in [0.3, 0.4) is 0 Å². The van der Waals surface area contributed by atoms with Gasteiger partial charge in [0.2, 0.25) is 0 Å². The normalized spacial score (nSPS) is 15.1. The lowest BCUT2D eigenvalue weighted by atomic mass is 9.77. The molecule has 0 aliphatic heterocycles. The van der Waals surface area contributed by atoms with Crippen molar-refractivity contribution in [3.63, 3.8) is 0 Å². The average Bonchev–Trinajstić information content (AvgIpc) is 2.86. The molecular formula is C31H34FNO5S2. The molecule has 0 saturated carbocycles. The maximum absolute atomic E-state index is 16.8. The van der Waals surface area contributed by atoms with E-state index in [2.05, 4.69) is 4.98 Å².